The fourth-order valence-corrected chi connectivity index (χ4v) is 6.95. The first-order chi connectivity index (χ1) is 15.3. The molecule has 32 heavy (non-hydrogen) atoms. The number of nitrogens with zero attached hydrogens (tertiary/aromatic N) is 4. The molecule has 1 aliphatic carbocycles. The van der Waals surface area contributed by atoms with Crippen LogP contribution in [0.3, 0.4) is 0 Å². The van der Waals surface area contributed by atoms with Gasteiger partial charge in [-0.2, -0.15) is 5.10 Å². The van der Waals surface area contributed by atoms with Crippen molar-refractivity contribution in [3.05, 3.63) is 53.9 Å². The Morgan fingerprint density at radius 1 is 1.09 bits per heavy atom. The maximum Gasteiger partial charge on any atom is 0.272 e. The summed E-state index contributed by atoms with van der Waals surface area (Å²) in [6.45, 7) is 8.13. The smallest absolute Gasteiger partial charge is 0.272 e. The number of piperidine rings is 1. The fourth-order valence-electron chi connectivity index (χ4n) is 6.95. The summed E-state index contributed by atoms with van der Waals surface area (Å²) in [6.07, 6.45) is 6.55. The van der Waals surface area contributed by atoms with Crippen molar-refractivity contribution in [1.29, 1.82) is 0 Å². The van der Waals surface area contributed by atoms with Crippen molar-refractivity contribution in [2.24, 2.45) is 5.41 Å². The molecule has 2 saturated heterocycles. The molecule has 0 spiro atoms. The SMILES string of the molecule is CC(=O)N1[C@H](Cc2ccccc2)[C@@H]2C[C@@]3(C)[C@H](CCC[C@@H]13)N2C(=O)c1ccnn1C(C)C. The highest BCUT2D eigenvalue weighted by atomic mass is 16.2. The maximum atomic E-state index is 14.1. The van der Waals surface area contributed by atoms with E-state index in [0.29, 0.717) is 5.69 Å². The van der Waals surface area contributed by atoms with E-state index in [0.717, 1.165) is 32.1 Å². The maximum absolute atomic E-state index is 14.1. The molecule has 5 atom stereocenters. The monoisotopic (exact) mass is 434 g/mol. The van der Waals surface area contributed by atoms with Crippen molar-refractivity contribution in [2.45, 2.75) is 90.0 Å². The molecule has 1 saturated carbocycles. The van der Waals surface area contributed by atoms with Crippen molar-refractivity contribution >= 4 is 11.8 Å². The van der Waals surface area contributed by atoms with Crippen LogP contribution < -0.4 is 0 Å². The summed E-state index contributed by atoms with van der Waals surface area (Å²) in [5.74, 6) is 0.202. The van der Waals surface area contributed by atoms with Crippen molar-refractivity contribution in [1.82, 2.24) is 19.6 Å². The van der Waals surface area contributed by atoms with E-state index in [-0.39, 0.29) is 47.4 Å². The molecular formula is C26H34N4O2. The van der Waals surface area contributed by atoms with Gasteiger partial charge in [0.25, 0.3) is 5.91 Å². The average molecular weight is 435 g/mol. The zero-order valence-electron chi connectivity index (χ0n) is 19.6. The number of rotatable bonds is 4. The lowest BCUT2D eigenvalue weighted by atomic mass is 9.64. The number of benzene rings is 1. The number of hydrogen-bond acceptors (Lipinski definition) is 3. The molecule has 2 bridgehead atoms. The van der Waals surface area contributed by atoms with Gasteiger partial charge < -0.3 is 9.80 Å². The number of fused-ring (bicyclic) bond motifs is 1. The number of hydrogen-bond donors (Lipinski definition) is 0. The first-order valence-electron chi connectivity index (χ1n) is 12.0. The fraction of sp³-hybridized carbons (Fsp3) is 0.577. The van der Waals surface area contributed by atoms with Gasteiger partial charge in [0.2, 0.25) is 5.91 Å². The Kier molecular flexibility index (Phi) is 5.14. The summed E-state index contributed by atoms with van der Waals surface area (Å²) in [5.41, 5.74) is 1.82. The van der Waals surface area contributed by atoms with E-state index in [1.165, 1.54) is 5.56 Å². The molecule has 0 unspecified atom stereocenters. The molecule has 0 radical (unpaired) electrons. The second-order valence-corrected chi connectivity index (χ2v) is 10.4. The van der Waals surface area contributed by atoms with Gasteiger partial charge in [-0.05, 0) is 57.6 Å². The van der Waals surface area contributed by atoms with E-state index >= 15 is 0 Å². The van der Waals surface area contributed by atoms with Gasteiger partial charge in [0.05, 0.1) is 12.1 Å². The van der Waals surface area contributed by atoms with Crippen LogP contribution in [0.4, 0.5) is 0 Å². The van der Waals surface area contributed by atoms with Crippen molar-refractivity contribution < 1.29 is 9.59 Å². The van der Waals surface area contributed by atoms with Crippen LogP contribution in [0.1, 0.15) is 75.5 Å². The second kappa shape index (κ2) is 7.75. The lowest BCUT2D eigenvalue weighted by Crippen LogP contribution is -2.62. The van der Waals surface area contributed by atoms with Gasteiger partial charge in [0.15, 0.2) is 0 Å². The summed E-state index contributed by atoms with van der Waals surface area (Å²) < 4.78 is 1.84. The highest BCUT2D eigenvalue weighted by molar-refractivity contribution is 5.93. The zero-order chi connectivity index (χ0) is 22.6. The number of aromatic nitrogens is 2. The van der Waals surface area contributed by atoms with Crippen LogP contribution in [-0.2, 0) is 11.2 Å². The first kappa shape index (κ1) is 21.2. The largest absolute Gasteiger partial charge is 0.334 e. The van der Waals surface area contributed by atoms with E-state index in [1.807, 2.05) is 16.8 Å². The lowest BCUT2D eigenvalue weighted by molar-refractivity contribution is -0.142. The Morgan fingerprint density at radius 3 is 2.44 bits per heavy atom. The number of likely N-dealkylation sites (tertiary alicyclic amines) is 2. The van der Waals surface area contributed by atoms with Gasteiger partial charge in [-0.15, -0.1) is 0 Å². The van der Waals surface area contributed by atoms with E-state index < -0.39 is 0 Å². The van der Waals surface area contributed by atoms with E-state index in [1.54, 1.807) is 13.1 Å². The molecule has 1 aromatic heterocycles. The van der Waals surface area contributed by atoms with E-state index in [4.69, 9.17) is 0 Å². The van der Waals surface area contributed by atoms with Crippen LogP contribution in [0, 0.1) is 5.41 Å². The Bertz CT molecular complexity index is 1020. The van der Waals surface area contributed by atoms with Crippen molar-refractivity contribution in [3.8, 4) is 0 Å². The molecule has 3 fully saturated rings. The van der Waals surface area contributed by atoms with E-state index in [9.17, 15) is 9.59 Å². The van der Waals surface area contributed by atoms with Gasteiger partial charge in [-0.3, -0.25) is 14.3 Å². The minimum atomic E-state index is -0.0554. The molecule has 6 heteroatoms. The lowest BCUT2D eigenvalue weighted by Gasteiger charge is -2.52. The third kappa shape index (κ3) is 3.10. The molecule has 170 valence electrons. The standard InChI is InChI=1S/C26H34N4O2/c1-17(2)30-20(13-14-27-30)25(32)29-22-16-26(4)23(11-8-12-24(26)29)28(18(3)31)21(22)15-19-9-6-5-7-10-19/h5-7,9-10,13-14,17,21-24H,8,11-12,15-16H2,1-4H3/t21-,22+,23-,24+,26-/m1/s1. The summed E-state index contributed by atoms with van der Waals surface area (Å²) in [6, 6.07) is 12.7. The van der Waals surface area contributed by atoms with E-state index in [2.05, 4.69) is 59.9 Å². The molecule has 2 amide bonds. The average Bonchev–Trinajstić information content (AvgIpc) is 3.36. The minimum Gasteiger partial charge on any atom is -0.334 e. The van der Waals surface area contributed by atoms with Crippen molar-refractivity contribution in [3.63, 3.8) is 0 Å². The molecule has 3 heterocycles. The first-order valence-corrected chi connectivity index (χ1v) is 12.0. The minimum absolute atomic E-state index is 0.00422. The van der Waals surface area contributed by atoms with Crippen molar-refractivity contribution in [2.75, 3.05) is 0 Å². The van der Waals surface area contributed by atoms with Crippen LogP contribution >= 0.6 is 0 Å². The molecule has 0 N–H and O–H groups in total. The quantitative estimate of drug-likeness (QED) is 0.729. The summed E-state index contributed by atoms with van der Waals surface area (Å²) in [5, 5.41) is 4.43. The van der Waals surface area contributed by atoms with Gasteiger partial charge in [-0.1, -0.05) is 37.3 Å². The molecule has 3 aliphatic rings. The van der Waals surface area contributed by atoms with Gasteiger partial charge in [0.1, 0.15) is 5.69 Å². The van der Waals surface area contributed by atoms with Gasteiger partial charge in [0, 0.05) is 36.7 Å². The molecule has 5 rings (SSSR count). The Morgan fingerprint density at radius 2 is 1.78 bits per heavy atom. The third-order valence-corrected chi connectivity index (χ3v) is 8.22. The highest BCUT2D eigenvalue weighted by Crippen LogP contribution is 2.56. The van der Waals surface area contributed by atoms with Gasteiger partial charge in [-0.25, -0.2) is 0 Å². The van der Waals surface area contributed by atoms with Crippen LogP contribution in [0.5, 0.6) is 0 Å². The second-order valence-electron chi connectivity index (χ2n) is 10.4. The molecule has 6 nitrogen and oxygen atoms in total. The normalized spacial score (nSPS) is 31.3. The van der Waals surface area contributed by atoms with Crippen LogP contribution in [0.2, 0.25) is 0 Å². The molecule has 2 aliphatic heterocycles. The molecule has 1 aromatic carbocycles. The highest BCUT2D eigenvalue weighted by Gasteiger charge is 2.64. The summed E-state index contributed by atoms with van der Waals surface area (Å²) in [7, 11) is 0. The van der Waals surface area contributed by atoms with Crippen LogP contribution in [0.15, 0.2) is 42.6 Å². The predicted octanol–water partition coefficient (Wildman–Crippen LogP) is 4.08. The zero-order valence-corrected chi connectivity index (χ0v) is 19.6. The van der Waals surface area contributed by atoms with Crippen LogP contribution in [0.25, 0.3) is 0 Å². The Labute approximate surface area is 190 Å². The number of amides is 2. The number of carbonyl (C=O) groups is 2. The Balaban J connectivity index is 1.60. The predicted molar refractivity (Wildman–Crippen MR) is 123 cm³/mol. The molecule has 2 aromatic rings. The summed E-state index contributed by atoms with van der Waals surface area (Å²) >= 11 is 0. The number of carbonyl (C=O) groups excluding carboxylic acids is 2. The van der Waals surface area contributed by atoms with Gasteiger partial charge >= 0.3 is 0 Å². The summed E-state index contributed by atoms with van der Waals surface area (Å²) in [4.78, 5) is 31.4. The Hall–Kier alpha value is -2.63. The van der Waals surface area contributed by atoms with Crippen LogP contribution in [-0.4, -0.2) is 55.6 Å². The molecular weight excluding hydrogens is 400 g/mol. The third-order valence-electron chi connectivity index (χ3n) is 8.22. The topological polar surface area (TPSA) is 58.4 Å².